The highest BCUT2D eigenvalue weighted by molar-refractivity contribution is 7.90. The topological polar surface area (TPSA) is 98.5 Å². The minimum absolute atomic E-state index is 0.211. The number of carbonyl (C=O) groups excluding carboxylic acids is 1. The number of hydrogen-bond acceptors (Lipinski definition) is 5. The molecule has 0 saturated heterocycles. The van der Waals surface area contributed by atoms with Crippen molar-refractivity contribution in [1.82, 2.24) is 4.72 Å². The molecule has 0 aromatic carbocycles. The summed E-state index contributed by atoms with van der Waals surface area (Å²) in [6.45, 7) is 1.61. The number of nitrogens with one attached hydrogen (secondary N) is 1. The Morgan fingerprint density at radius 1 is 1.60 bits per heavy atom. The summed E-state index contributed by atoms with van der Waals surface area (Å²) in [4.78, 5) is 11.0. The number of thiocarbonyl (C=S) groups is 1. The van der Waals surface area contributed by atoms with E-state index >= 15 is 0 Å². The predicted molar refractivity (Wildman–Crippen MR) is 59.8 cm³/mol. The van der Waals surface area contributed by atoms with Gasteiger partial charge in [-0.25, -0.2) is 13.1 Å². The van der Waals surface area contributed by atoms with E-state index in [-0.39, 0.29) is 11.4 Å². The van der Waals surface area contributed by atoms with E-state index in [1.165, 1.54) is 0 Å². The summed E-state index contributed by atoms with van der Waals surface area (Å²) in [5.74, 6) is -1.52. The van der Waals surface area contributed by atoms with Crippen molar-refractivity contribution in [3.63, 3.8) is 0 Å². The Morgan fingerprint density at radius 3 is 2.53 bits per heavy atom. The molecule has 0 radical (unpaired) electrons. The molecule has 0 fully saturated rings. The third-order valence-electron chi connectivity index (χ3n) is 1.42. The van der Waals surface area contributed by atoms with Crippen LogP contribution in [0.3, 0.4) is 0 Å². The fraction of sp³-hybridized carbons (Fsp3) is 0.714. The number of carbonyl (C=O) groups is 1. The first-order valence-electron chi connectivity index (χ1n) is 4.12. The van der Waals surface area contributed by atoms with Crippen LogP contribution in [0.4, 0.5) is 0 Å². The first-order chi connectivity index (χ1) is 6.76. The van der Waals surface area contributed by atoms with Gasteiger partial charge in [0.25, 0.3) is 0 Å². The molecule has 0 aliphatic heterocycles. The minimum Gasteiger partial charge on any atom is -0.468 e. The van der Waals surface area contributed by atoms with Crippen LogP contribution in [0, 0.1) is 0 Å². The van der Waals surface area contributed by atoms with E-state index in [0.717, 1.165) is 7.11 Å². The lowest BCUT2D eigenvalue weighted by Gasteiger charge is -2.12. The summed E-state index contributed by atoms with van der Waals surface area (Å²) in [5.41, 5.74) is 5.24. The molecule has 15 heavy (non-hydrogen) atoms. The van der Waals surface area contributed by atoms with E-state index in [0.29, 0.717) is 0 Å². The number of hydrogen-bond donors (Lipinski definition) is 2. The van der Waals surface area contributed by atoms with Crippen LogP contribution >= 0.6 is 12.2 Å². The van der Waals surface area contributed by atoms with Gasteiger partial charge in [0, 0.05) is 12.5 Å². The van der Waals surface area contributed by atoms with Crippen LogP contribution in [0.25, 0.3) is 0 Å². The summed E-state index contributed by atoms with van der Waals surface area (Å²) in [7, 11) is -2.56. The molecule has 0 amide bonds. The number of sulfonamides is 1. The molecule has 0 heterocycles. The molecule has 8 heteroatoms. The smallest absolute Gasteiger partial charge is 0.322 e. The van der Waals surface area contributed by atoms with E-state index in [4.69, 9.17) is 5.73 Å². The first-order valence-corrected chi connectivity index (χ1v) is 6.18. The average molecular weight is 254 g/mol. The molecular weight excluding hydrogens is 240 g/mol. The number of ether oxygens (including phenoxy) is 1. The SMILES string of the molecule is COC(=O)CS(=O)(=O)NC(C)CC(N)=S. The summed E-state index contributed by atoms with van der Waals surface area (Å²) >= 11 is 4.62. The molecular formula is C7H14N2O4S2. The van der Waals surface area contributed by atoms with Crippen molar-refractivity contribution in [1.29, 1.82) is 0 Å². The lowest BCUT2D eigenvalue weighted by molar-refractivity contribution is -0.137. The maximum atomic E-state index is 11.3. The summed E-state index contributed by atoms with van der Waals surface area (Å²) in [6, 6.07) is -0.433. The zero-order valence-electron chi connectivity index (χ0n) is 8.52. The van der Waals surface area contributed by atoms with Crippen molar-refractivity contribution in [2.75, 3.05) is 12.9 Å². The molecule has 0 rings (SSSR count). The van der Waals surface area contributed by atoms with Gasteiger partial charge in [0.1, 0.15) is 0 Å². The average Bonchev–Trinajstić information content (AvgIpc) is 1.99. The highest BCUT2D eigenvalue weighted by Crippen LogP contribution is 1.95. The van der Waals surface area contributed by atoms with Crippen LogP contribution in [-0.2, 0) is 19.6 Å². The normalized spacial score (nSPS) is 13.2. The van der Waals surface area contributed by atoms with Gasteiger partial charge in [-0.2, -0.15) is 0 Å². The fourth-order valence-corrected chi connectivity index (χ4v) is 2.36. The second-order valence-corrected chi connectivity index (χ2v) is 5.30. The van der Waals surface area contributed by atoms with E-state index in [9.17, 15) is 13.2 Å². The summed E-state index contributed by atoms with van der Waals surface area (Å²) < 4.78 is 29.1. The number of methoxy groups -OCH3 is 1. The van der Waals surface area contributed by atoms with E-state index < -0.39 is 27.8 Å². The van der Waals surface area contributed by atoms with Crippen molar-refractivity contribution in [3.8, 4) is 0 Å². The molecule has 0 bridgehead atoms. The molecule has 0 aliphatic carbocycles. The third-order valence-corrected chi connectivity index (χ3v) is 2.97. The lowest BCUT2D eigenvalue weighted by atomic mass is 10.3. The molecule has 0 aromatic rings. The van der Waals surface area contributed by atoms with Crippen LogP contribution < -0.4 is 10.5 Å². The molecule has 0 aliphatic rings. The molecule has 1 unspecified atom stereocenters. The van der Waals surface area contributed by atoms with Gasteiger partial charge in [-0.15, -0.1) is 0 Å². The molecule has 3 N–H and O–H groups in total. The van der Waals surface area contributed by atoms with E-state index in [2.05, 4.69) is 21.7 Å². The van der Waals surface area contributed by atoms with Gasteiger partial charge in [0.2, 0.25) is 10.0 Å². The Labute approximate surface area is 94.2 Å². The molecule has 1 atom stereocenters. The van der Waals surface area contributed by atoms with Crippen molar-refractivity contribution >= 4 is 33.2 Å². The van der Waals surface area contributed by atoms with Gasteiger partial charge in [-0.1, -0.05) is 12.2 Å². The summed E-state index contributed by atoms with van der Waals surface area (Å²) in [5, 5.41) is 0. The predicted octanol–water partition coefficient (Wildman–Crippen LogP) is -0.856. The van der Waals surface area contributed by atoms with Crippen molar-refractivity contribution in [2.24, 2.45) is 5.73 Å². The molecule has 0 spiro atoms. The molecule has 6 nitrogen and oxygen atoms in total. The second-order valence-electron chi connectivity index (χ2n) is 3.02. The Hall–Kier alpha value is -0.730. The Morgan fingerprint density at radius 2 is 2.13 bits per heavy atom. The van der Waals surface area contributed by atoms with Crippen LogP contribution in [0.5, 0.6) is 0 Å². The van der Waals surface area contributed by atoms with Crippen molar-refractivity contribution < 1.29 is 17.9 Å². The monoisotopic (exact) mass is 254 g/mol. The highest BCUT2D eigenvalue weighted by Gasteiger charge is 2.19. The first kappa shape index (κ1) is 14.3. The number of rotatable bonds is 6. The Kier molecular flexibility index (Phi) is 5.69. The zero-order valence-corrected chi connectivity index (χ0v) is 10.2. The van der Waals surface area contributed by atoms with Gasteiger partial charge in [0.15, 0.2) is 5.75 Å². The Balaban J connectivity index is 4.26. The van der Waals surface area contributed by atoms with Gasteiger partial charge in [-0.05, 0) is 6.92 Å². The molecule has 0 saturated carbocycles. The molecule has 0 aromatic heterocycles. The summed E-state index contributed by atoms with van der Waals surface area (Å²) in [6.07, 6.45) is 0.246. The van der Waals surface area contributed by atoms with Crippen molar-refractivity contribution in [2.45, 2.75) is 19.4 Å². The van der Waals surface area contributed by atoms with Crippen molar-refractivity contribution in [3.05, 3.63) is 0 Å². The van der Waals surface area contributed by atoms with Crippen LogP contribution in [-0.4, -0.2) is 38.3 Å². The maximum Gasteiger partial charge on any atom is 0.322 e. The van der Waals surface area contributed by atoms with E-state index in [1.807, 2.05) is 0 Å². The quantitative estimate of drug-likeness (QED) is 0.473. The largest absolute Gasteiger partial charge is 0.468 e. The van der Waals surface area contributed by atoms with Gasteiger partial charge < -0.3 is 10.5 Å². The second kappa shape index (κ2) is 5.99. The van der Waals surface area contributed by atoms with E-state index in [1.54, 1.807) is 6.92 Å². The zero-order chi connectivity index (χ0) is 12.1. The Bertz CT molecular complexity index is 339. The van der Waals surface area contributed by atoms with Crippen LogP contribution in [0.15, 0.2) is 0 Å². The highest BCUT2D eigenvalue weighted by atomic mass is 32.2. The third kappa shape index (κ3) is 7.23. The van der Waals surface area contributed by atoms with Gasteiger partial charge in [-0.3, -0.25) is 4.79 Å². The van der Waals surface area contributed by atoms with Gasteiger partial charge >= 0.3 is 5.97 Å². The minimum atomic E-state index is -3.68. The van der Waals surface area contributed by atoms with Gasteiger partial charge in [0.05, 0.1) is 12.1 Å². The van der Waals surface area contributed by atoms with Crippen LogP contribution in [0.2, 0.25) is 0 Å². The standard InChI is InChI=1S/C7H14N2O4S2/c1-5(3-6(8)14)9-15(11,12)4-7(10)13-2/h5,9H,3-4H2,1-2H3,(H2,8,14). The molecule has 88 valence electrons. The number of esters is 1. The maximum absolute atomic E-state index is 11.3. The number of nitrogens with two attached hydrogens (primary N) is 1. The lowest BCUT2D eigenvalue weighted by Crippen LogP contribution is -2.38. The fourth-order valence-electron chi connectivity index (χ4n) is 0.906. The van der Waals surface area contributed by atoms with Crippen LogP contribution in [0.1, 0.15) is 13.3 Å².